The standard InChI is InChI=1S/C16H20N2/c1-11-7-12(2)9-14(8-11)10-15(17)16-13(3)5-4-6-18-16/h4-9,15H,10,17H2,1-3H3. The molecular formula is C16H20N2. The molecule has 18 heavy (non-hydrogen) atoms. The van der Waals surface area contributed by atoms with E-state index < -0.39 is 0 Å². The van der Waals surface area contributed by atoms with Gasteiger partial charge in [-0.2, -0.15) is 0 Å². The quantitative estimate of drug-likeness (QED) is 0.894. The van der Waals surface area contributed by atoms with E-state index in [1.165, 1.54) is 16.7 Å². The molecule has 0 aliphatic heterocycles. The van der Waals surface area contributed by atoms with Gasteiger partial charge < -0.3 is 5.73 Å². The van der Waals surface area contributed by atoms with Crippen LogP contribution in [0.25, 0.3) is 0 Å². The highest BCUT2D eigenvalue weighted by Crippen LogP contribution is 2.19. The van der Waals surface area contributed by atoms with Gasteiger partial charge in [0, 0.05) is 6.20 Å². The molecule has 2 aromatic rings. The highest BCUT2D eigenvalue weighted by atomic mass is 14.8. The van der Waals surface area contributed by atoms with Crippen molar-refractivity contribution in [3.05, 3.63) is 64.5 Å². The van der Waals surface area contributed by atoms with Crippen LogP contribution in [0.1, 0.15) is 34.0 Å². The fraction of sp³-hybridized carbons (Fsp3) is 0.312. The summed E-state index contributed by atoms with van der Waals surface area (Å²) in [6, 6.07) is 10.6. The fourth-order valence-corrected chi connectivity index (χ4v) is 2.42. The molecule has 1 unspecified atom stereocenters. The molecule has 0 saturated heterocycles. The second-order valence-corrected chi connectivity index (χ2v) is 5.01. The number of aromatic nitrogens is 1. The number of hydrogen-bond donors (Lipinski definition) is 1. The lowest BCUT2D eigenvalue weighted by atomic mass is 9.98. The van der Waals surface area contributed by atoms with Crippen LogP contribution in [0, 0.1) is 20.8 Å². The summed E-state index contributed by atoms with van der Waals surface area (Å²) < 4.78 is 0. The van der Waals surface area contributed by atoms with Crippen LogP contribution >= 0.6 is 0 Å². The summed E-state index contributed by atoms with van der Waals surface area (Å²) in [7, 11) is 0. The molecule has 1 aromatic heterocycles. The Morgan fingerprint density at radius 2 is 1.78 bits per heavy atom. The van der Waals surface area contributed by atoms with E-state index in [1.807, 2.05) is 12.3 Å². The molecule has 0 amide bonds. The molecule has 2 nitrogen and oxygen atoms in total. The Morgan fingerprint density at radius 3 is 2.39 bits per heavy atom. The molecule has 0 saturated carbocycles. The summed E-state index contributed by atoms with van der Waals surface area (Å²) in [4.78, 5) is 4.39. The van der Waals surface area contributed by atoms with E-state index >= 15 is 0 Å². The number of pyridine rings is 1. The monoisotopic (exact) mass is 240 g/mol. The average molecular weight is 240 g/mol. The first kappa shape index (κ1) is 12.8. The Morgan fingerprint density at radius 1 is 1.11 bits per heavy atom. The van der Waals surface area contributed by atoms with Gasteiger partial charge in [0.25, 0.3) is 0 Å². The first-order valence-electron chi connectivity index (χ1n) is 6.30. The molecule has 94 valence electrons. The predicted octanol–water partition coefficient (Wildman–Crippen LogP) is 3.25. The molecule has 0 aliphatic rings. The number of aryl methyl sites for hydroxylation is 3. The third-order valence-electron chi connectivity index (χ3n) is 3.14. The van der Waals surface area contributed by atoms with Gasteiger partial charge in [0.1, 0.15) is 0 Å². The zero-order valence-corrected chi connectivity index (χ0v) is 11.3. The molecule has 1 heterocycles. The second kappa shape index (κ2) is 5.32. The Labute approximate surface area is 109 Å². The summed E-state index contributed by atoms with van der Waals surface area (Å²) in [5.41, 5.74) is 12.3. The minimum atomic E-state index is -0.0348. The van der Waals surface area contributed by atoms with Gasteiger partial charge >= 0.3 is 0 Å². The van der Waals surface area contributed by atoms with Gasteiger partial charge in [-0.15, -0.1) is 0 Å². The Kier molecular flexibility index (Phi) is 3.78. The normalized spacial score (nSPS) is 12.4. The van der Waals surface area contributed by atoms with Crippen molar-refractivity contribution in [3.63, 3.8) is 0 Å². The molecule has 0 aliphatic carbocycles. The van der Waals surface area contributed by atoms with E-state index in [9.17, 15) is 0 Å². The van der Waals surface area contributed by atoms with Crippen LogP contribution in [0.4, 0.5) is 0 Å². The van der Waals surface area contributed by atoms with Gasteiger partial charge in [-0.25, -0.2) is 0 Å². The van der Waals surface area contributed by atoms with E-state index in [4.69, 9.17) is 5.73 Å². The largest absolute Gasteiger partial charge is 0.322 e. The van der Waals surface area contributed by atoms with Gasteiger partial charge in [-0.05, 0) is 44.4 Å². The molecule has 0 fully saturated rings. The maximum atomic E-state index is 6.27. The maximum absolute atomic E-state index is 6.27. The van der Waals surface area contributed by atoms with E-state index in [0.29, 0.717) is 0 Å². The van der Waals surface area contributed by atoms with Crippen LogP contribution in [-0.2, 0) is 6.42 Å². The van der Waals surface area contributed by atoms with Crippen LogP contribution in [0.2, 0.25) is 0 Å². The zero-order chi connectivity index (χ0) is 13.1. The highest BCUT2D eigenvalue weighted by Gasteiger charge is 2.11. The predicted molar refractivity (Wildman–Crippen MR) is 75.5 cm³/mol. The lowest BCUT2D eigenvalue weighted by molar-refractivity contribution is 0.689. The van der Waals surface area contributed by atoms with Gasteiger partial charge in [-0.1, -0.05) is 35.4 Å². The molecule has 1 atom stereocenters. The summed E-state index contributed by atoms with van der Waals surface area (Å²) in [6.45, 7) is 6.30. The number of hydrogen-bond acceptors (Lipinski definition) is 2. The van der Waals surface area contributed by atoms with Crippen molar-refractivity contribution in [2.75, 3.05) is 0 Å². The molecule has 2 heteroatoms. The minimum Gasteiger partial charge on any atom is -0.322 e. The van der Waals surface area contributed by atoms with Crippen molar-refractivity contribution in [1.82, 2.24) is 4.98 Å². The van der Waals surface area contributed by atoms with E-state index in [2.05, 4.69) is 50.0 Å². The molecule has 2 N–H and O–H groups in total. The molecule has 0 radical (unpaired) electrons. The van der Waals surface area contributed by atoms with Gasteiger partial charge in [-0.3, -0.25) is 4.98 Å². The van der Waals surface area contributed by atoms with Crippen molar-refractivity contribution in [3.8, 4) is 0 Å². The van der Waals surface area contributed by atoms with Crippen LogP contribution in [-0.4, -0.2) is 4.98 Å². The van der Waals surface area contributed by atoms with Gasteiger partial charge in [0.2, 0.25) is 0 Å². The van der Waals surface area contributed by atoms with Crippen LogP contribution in [0.5, 0.6) is 0 Å². The third-order valence-corrected chi connectivity index (χ3v) is 3.14. The Balaban J connectivity index is 2.21. The van der Waals surface area contributed by atoms with Crippen molar-refractivity contribution in [2.45, 2.75) is 33.2 Å². The van der Waals surface area contributed by atoms with Crippen LogP contribution in [0.15, 0.2) is 36.5 Å². The smallest absolute Gasteiger partial charge is 0.0603 e. The van der Waals surface area contributed by atoms with Crippen molar-refractivity contribution < 1.29 is 0 Å². The number of nitrogens with zero attached hydrogens (tertiary/aromatic N) is 1. The summed E-state index contributed by atoms with van der Waals surface area (Å²) >= 11 is 0. The average Bonchev–Trinajstić information content (AvgIpc) is 2.27. The topological polar surface area (TPSA) is 38.9 Å². The molecule has 0 spiro atoms. The van der Waals surface area contributed by atoms with E-state index in [0.717, 1.165) is 17.7 Å². The lowest BCUT2D eigenvalue weighted by Gasteiger charge is -2.14. The second-order valence-electron chi connectivity index (χ2n) is 5.01. The minimum absolute atomic E-state index is 0.0348. The number of benzene rings is 1. The number of rotatable bonds is 3. The van der Waals surface area contributed by atoms with E-state index in [-0.39, 0.29) is 6.04 Å². The number of nitrogens with two attached hydrogens (primary N) is 1. The van der Waals surface area contributed by atoms with Crippen LogP contribution < -0.4 is 5.73 Å². The molecule has 1 aromatic carbocycles. The Bertz CT molecular complexity index is 526. The highest BCUT2D eigenvalue weighted by molar-refractivity contribution is 5.30. The van der Waals surface area contributed by atoms with Crippen molar-refractivity contribution in [1.29, 1.82) is 0 Å². The molecule has 0 bridgehead atoms. The molecule has 2 rings (SSSR count). The first-order chi connectivity index (χ1) is 8.56. The summed E-state index contributed by atoms with van der Waals surface area (Å²) in [6.07, 6.45) is 2.64. The van der Waals surface area contributed by atoms with Gasteiger partial charge in [0.15, 0.2) is 0 Å². The van der Waals surface area contributed by atoms with Crippen molar-refractivity contribution >= 4 is 0 Å². The first-order valence-corrected chi connectivity index (χ1v) is 6.30. The van der Waals surface area contributed by atoms with Crippen LogP contribution in [0.3, 0.4) is 0 Å². The fourth-order valence-electron chi connectivity index (χ4n) is 2.42. The van der Waals surface area contributed by atoms with E-state index in [1.54, 1.807) is 0 Å². The maximum Gasteiger partial charge on any atom is 0.0603 e. The zero-order valence-electron chi connectivity index (χ0n) is 11.3. The Hall–Kier alpha value is -1.67. The SMILES string of the molecule is Cc1cc(C)cc(CC(N)c2ncccc2C)c1. The summed E-state index contributed by atoms with van der Waals surface area (Å²) in [5.74, 6) is 0. The third kappa shape index (κ3) is 2.96. The lowest BCUT2D eigenvalue weighted by Crippen LogP contribution is -2.16. The molecular weight excluding hydrogens is 220 g/mol. The van der Waals surface area contributed by atoms with Gasteiger partial charge in [0.05, 0.1) is 11.7 Å². The summed E-state index contributed by atoms with van der Waals surface area (Å²) in [5, 5.41) is 0. The van der Waals surface area contributed by atoms with Crippen molar-refractivity contribution in [2.24, 2.45) is 5.73 Å².